The van der Waals surface area contributed by atoms with E-state index in [2.05, 4.69) is 9.55 Å². The first kappa shape index (κ1) is 7.85. The minimum absolute atomic E-state index is 0.190. The molecule has 0 saturated heterocycles. The Balaban J connectivity index is 2.14. The van der Waals surface area contributed by atoms with Crippen molar-refractivity contribution in [2.45, 2.75) is 31.2 Å². The third-order valence-corrected chi connectivity index (χ3v) is 3.82. The maximum atomic E-state index is 13.5. The van der Waals surface area contributed by atoms with Gasteiger partial charge in [-0.2, -0.15) is 0 Å². The largest absolute Gasteiger partial charge is 0.322 e. The highest BCUT2D eigenvalue weighted by atomic mass is 19.1. The zero-order valence-electron chi connectivity index (χ0n) is 8.33. The van der Waals surface area contributed by atoms with Crippen LogP contribution < -0.4 is 0 Å². The second-order valence-corrected chi connectivity index (χ2v) is 4.70. The van der Waals surface area contributed by atoms with E-state index < -0.39 is 0 Å². The number of aryl methyl sites for hydroxylation is 1. The van der Waals surface area contributed by atoms with Gasteiger partial charge in [0.25, 0.3) is 0 Å². The van der Waals surface area contributed by atoms with Gasteiger partial charge in [0.1, 0.15) is 11.3 Å². The first-order valence-corrected chi connectivity index (χ1v) is 5.47. The number of halogens is 1. The van der Waals surface area contributed by atoms with Crippen molar-refractivity contribution in [2.24, 2.45) is 0 Å². The molecule has 0 radical (unpaired) electrons. The van der Waals surface area contributed by atoms with Crippen molar-refractivity contribution in [2.75, 3.05) is 0 Å². The fourth-order valence-electron chi connectivity index (χ4n) is 2.88. The van der Waals surface area contributed by atoms with Crippen molar-refractivity contribution in [3.8, 4) is 0 Å². The zero-order chi connectivity index (χ0) is 10.0. The van der Waals surface area contributed by atoms with Gasteiger partial charge in [-0.25, -0.2) is 9.37 Å². The van der Waals surface area contributed by atoms with Crippen LogP contribution in [0.25, 0.3) is 11.0 Å². The minimum Gasteiger partial charge on any atom is -0.322 e. The maximum absolute atomic E-state index is 13.5. The van der Waals surface area contributed by atoms with Gasteiger partial charge in [-0.15, -0.1) is 0 Å². The van der Waals surface area contributed by atoms with Crippen molar-refractivity contribution >= 4 is 11.0 Å². The van der Waals surface area contributed by atoms with Crippen LogP contribution in [0.5, 0.6) is 0 Å². The van der Waals surface area contributed by atoms with Crippen molar-refractivity contribution in [1.29, 1.82) is 0 Å². The van der Waals surface area contributed by atoms with Gasteiger partial charge in [0.15, 0.2) is 5.82 Å². The van der Waals surface area contributed by atoms with Crippen LogP contribution in [0.4, 0.5) is 4.39 Å². The van der Waals surface area contributed by atoms with E-state index in [0.717, 1.165) is 17.8 Å². The molecule has 0 bridgehead atoms. The van der Waals surface area contributed by atoms with Crippen LogP contribution in [0.3, 0.4) is 0 Å². The van der Waals surface area contributed by atoms with Crippen LogP contribution >= 0.6 is 0 Å². The molecule has 76 valence electrons. The Morgan fingerprint density at radius 1 is 1.27 bits per heavy atom. The zero-order valence-corrected chi connectivity index (χ0v) is 8.33. The Labute approximate surface area is 86.7 Å². The molecule has 1 aliphatic carbocycles. The molecule has 1 spiro atoms. The van der Waals surface area contributed by atoms with Crippen molar-refractivity contribution in [3.05, 3.63) is 29.8 Å². The number of hydrogen-bond acceptors (Lipinski definition) is 1. The maximum Gasteiger partial charge on any atom is 0.151 e. The van der Waals surface area contributed by atoms with E-state index >= 15 is 0 Å². The fourth-order valence-corrected chi connectivity index (χ4v) is 2.88. The predicted molar refractivity (Wildman–Crippen MR) is 55.2 cm³/mol. The number of nitrogens with zero attached hydrogens (tertiary/aromatic N) is 2. The molecule has 1 aromatic heterocycles. The Bertz CT molecular complexity index is 566. The minimum atomic E-state index is -0.190. The molecule has 15 heavy (non-hydrogen) atoms. The number of fused-ring (bicyclic) bond motifs is 4. The lowest BCUT2D eigenvalue weighted by Crippen LogP contribution is -2.10. The molecule has 1 aromatic carbocycles. The summed E-state index contributed by atoms with van der Waals surface area (Å²) >= 11 is 0. The standard InChI is InChI=1S/C12H11FN2/c13-8-2-1-3-9-11(8)14-10-4-5-12(6-7-12)15(9)10/h1-3H,4-7H2. The van der Waals surface area contributed by atoms with Crippen LogP contribution in [-0.2, 0) is 12.0 Å². The molecule has 1 aliphatic heterocycles. The smallest absolute Gasteiger partial charge is 0.151 e. The monoisotopic (exact) mass is 202 g/mol. The Kier molecular flexibility index (Phi) is 1.17. The lowest BCUT2D eigenvalue weighted by Gasteiger charge is -2.10. The summed E-state index contributed by atoms with van der Waals surface area (Å²) < 4.78 is 15.8. The molecule has 2 nitrogen and oxygen atoms in total. The van der Waals surface area contributed by atoms with E-state index in [-0.39, 0.29) is 5.82 Å². The highest BCUT2D eigenvalue weighted by molar-refractivity contribution is 5.77. The van der Waals surface area contributed by atoms with Crippen molar-refractivity contribution < 1.29 is 4.39 Å². The average Bonchev–Trinajstić information content (AvgIpc) is 2.76. The van der Waals surface area contributed by atoms with Crippen LogP contribution in [-0.4, -0.2) is 9.55 Å². The van der Waals surface area contributed by atoms with Gasteiger partial charge in [-0.3, -0.25) is 0 Å². The topological polar surface area (TPSA) is 17.8 Å². The molecule has 1 fully saturated rings. The molecule has 2 heterocycles. The number of aromatic nitrogens is 2. The quantitative estimate of drug-likeness (QED) is 0.642. The predicted octanol–water partition coefficient (Wildman–Crippen LogP) is 2.61. The average molecular weight is 202 g/mol. The molecule has 2 aromatic rings. The van der Waals surface area contributed by atoms with Crippen molar-refractivity contribution in [3.63, 3.8) is 0 Å². The number of hydrogen-bond donors (Lipinski definition) is 0. The van der Waals surface area contributed by atoms with E-state index in [1.165, 1.54) is 25.3 Å². The van der Waals surface area contributed by atoms with Crippen LogP contribution in [0, 0.1) is 5.82 Å². The van der Waals surface area contributed by atoms with E-state index in [9.17, 15) is 4.39 Å². The second kappa shape index (κ2) is 2.23. The van der Waals surface area contributed by atoms with Gasteiger partial charge < -0.3 is 4.57 Å². The second-order valence-electron chi connectivity index (χ2n) is 4.70. The highest BCUT2D eigenvalue weighted by Gasteiger charge is 2.49. The number of rotatable bonds is 0. The van der Waals surface area contributed by atoms with E-state index in [1.807, 2.05) is 6.07 Å². The van der Waals surface area contributed by atoms with Gasteiger partial charge in [0, 0.05) is 12.0 Å². The Hall–Kier alpha value is -1.38. The third kappa shape index (κ3) is 0.822. The van der Waals surface area contributed by atoms with Gasteiger partial charge in [0.05, 0.1) is 5.52 Å². The summed E-state index contributed by atoms with van der Waals surface area (Å²) in [5.74, 6) is 0.887. The normalized spacial score (nSPS) is 21.1. The van der Waals surface area contributed by atoms with E-state index in [1.54, 1.807) is 6.07 Å². The highest BCUT2D eigenvalue weighted by Crippen LogP contribution is 2.53. The lowest BCUT2D eigenvalue weighted by molar-refractivity contribution is 0.524. The summed E-state index contributed by atoms with van der Waals surface area (Å²) in [6.07, 6.45) is 4.68. The van der Waals surface area contributed by atoms with Gasteiger partial charge in [-0.05, 0) is 31.4 Å². The molecule has 2 aliphatic rings. The molecule has 1 saturated carbocycles. The van der Waals surface area contributed by atoms with E-state index in [4.69, 9.17) is 0 Å². The number of imidazole rings is 1. The third-order valence-electron chi connectivity index (χ3n) is 3.82. The van der Waals surface area contributed by atoms with Crippen molar-refractivity contribution in [1.82, 2.24) is 9.55 Å². The first-order chi connectivity index (χ1) is 7.30. The molecule has 0 N–H and O–H groups in total. The molecule has 0 atom stereocenters. The van der Waals surface area contributed by atoms with E-state index in [0.29, 0.717) is 11.1 Å². The molecule has 4 rings (SSSR count). The van der Waals surface area contributed by atoms with Gasteiger partial charge >= 0.3 is 0 Å². The lowest BCUT2D eigenvalue weighted by atomic mass is 10.2. The van der Waals surface area contributed by atoms with Crippen LogP contribution in [0.2, 0.25) is 0 Å². The number of para-hydroxylation sites is 1. The summed E-state index contributed by atoms with van der Waals surface area (Å²) in [5, 5.41) is 0. The molecular weight excluding hydrogens is 191 g/mol. The summed E-state index contributed by atoms with van der Waals surface area (Å²) in [6, 6.07) is 5.26. The summed E-state index contributed by atoms with van der Waals surface area (Å²) in [7, 11) is 0. The van der Waals surface area contributed by atoms with Gasteiger partial charge in [0.2, 0.25) is 0 Å². The molecule has 0 amide bonds. The van der Waals surface area contributed by atoms with Gasteiger partial charge in [-0.1, -0.05) is 6.07 Å². The summed E-state index contributed by atoms with van der Waals surface area (Å²) in [5.41, 5.74) is 1.86. The summed E-state index contributed by atoms with van der Waals surface area (Å²) in [4.78, 5) is 4.42. The first-order valence-electron chi connectivity index (χ1n) is 5.47. The fraction of sp³-hybridized carbons (Fsp3) is 0.417. The molecule has 3 heteroatoms. The summed E-state index contributed by atoms with van der Waals surface area (Å²) in [6.45, 7) is 0. The Morgan fingerprint density at radius 3 is 2.93 bits per heavy atom. The molecular formula is C12H11FN2. The SMILES string of the molecule is Fc1cccc2c1nc1n2C2(CC1)CC2. The Morgan fingerprint density at radius 2 is 2.13 bits per heavy atom. The molecule has 0 unspecified atom stereocenters. The van der Waals surface area contributed by atoms with Crippen LogP contribution in [0.1, 0.15) is 25.1 Å². The number of benzene rings is 1. The van der Waals surface area contributed by atoms with Crippen LogP contribution in [0.15, 0.2) is 18.2 Å².